The van der Waals surface area contributed by atoms with Crippen LogP contribution in [-0.2, 0) is 0 Å². The summed E-state index contributed by atoms with van der Waals surface area (Å²) in [5.74, 6) is -0.936. The van der Waals surface area contributed by atoms with Crippen LogP contribution in [0.1, 0.15) is 0 Å². The molecule has 0 atom stereocenters. The fourth-order valence-electron chi connectivity index (χ4n) is 1.61. The molecule has 0 bridgehead atoms. The maximum atomic E-state index is 11.1. The zero-order chi connectivity index (χ0) is 12.6. The number of phenolic OH excluding ortho intramolecular Hbond substituents is 2. The second-order valence-corrected chi connectivity index (χ2v) is 3.26. The number of ether oxygens (including phenoxy) is 2. The molecule has 2 N–H and O–H groups in total. The fourth-order valence-corrected chi connectivity index (χ4v) is 1.61. The highest BCUT2D eigenvalue weighted by atomic mass is 16.5. The van der Waals surface area contributed by atoms with Crippen molar-refractivity contribution < 1.29 is 24.1 Å². The Morgan fingerprint density at radius 1 is 1.06 bits per heavy atom. The highest BCUT2D eigenvalue weighted by molar-refractivity contribution is 5.94. The predicted molar refractivity (Wildman–Crippen MR) is 58.9 cm³/mol. The number of phenols is 2. The average molecular weight is 238 g/mol. The molecule has 0 unspecified atom stereocenters. The summed E-state index contributed by atoms with van der Waals surface area (Å²) in [4.78, 5) is 11.1. The first-order valence-corrected chi connectivity index (χ1v) is 4.70. The molecule has 2 aromatic rings. The summed E-state index contributed by atoms with van der Waals surface area (Å²) in [6.45, 7) is 0. The number of methoxy groups -OCH3 is 2. The van der Waals surface area contributed by atoms with Gasteiger partial charge in [-0.2, -0.15) is 0 Å². The summed E-state index contributed by atoms with van der Waals surface area (Å²) >= 11 is 0. The van der Waals surface area contributed by atoms with Gasteiger partial charge in [-0.05, 0) is 6.07 Å². The van der Waals surface area contributed by atoms with E-state index in [2.05, 4.69) is 0 Å². The third-order valence-corrected chi connectivity index (χ3v) is 2.35. The molecule has 0 aliphatic heterocycles. The van der Waals surface area contributed by atoms with E-state index in [-0.39, 0.29) is 17.1 Å². The van der Waals surface area contributed by atoms with Crippen molar-refractivity contribution in [1.29, 1.82) is 0 Å². The Kier molecular flexibility index (Phi) is 2.55. The van der Waals surface area contributed by atoms with Crippen LogP contribution in [0.4, 0.5) is 0 Å². The van der Waals surface area contributed by atoms with E-state index in [0.29, 0.717) is 5.39 Å². The molecule has 0 aliphatic carbocycles. The van der Waals surface area contributed by atoms with E-state index >= 15 is 0 Å². The minimum atomic E-state index is -0.639. The van der Waals surface area contributed by atoms with Gasteiger partial charge >= 0.3 is 5.63 Å². The van der Waals surface area contributed by atoms with Crippen molar-refractivity contribution in [2.75, 3.05) is 14.2 Å². The van der Waals surface area contributed by atoms with Crippen LogP contribution in [0.25, 0.3) is 11.0 Å². The summed E-state index contributed by atoms with van der Waals surface area (Å²) in [5, 5.41) is 19.7. The third kappa shape index (κ3) is 1.54. The molecule has 0 saturated carbocycles. The van der Waals surface area contributed by atoms with Gasteiger partial charge < -0.3 is 24.1 Å². The third-order valence-electron chi connectivity index (χ3n) is 2.35. The standard InChI is InChI=1S/C11H10O6/c1-15-10-5-3-4-6(12)17-9(5)7(13)8(14)11(10)16-2/h3-4,13-14H,1-2H3. The van der Waals surface area contributed by atoms with E-state index < -0.39 is 17.1 Å². The Labute approximate surface area is 95.6 Å². The van der Waals surface area contributed by atoms with Crippen LogP contribution in [0.2, 0.25) is 0 Å². The maximum absolute atomic E-state index is 11.1. The van der Waals surface area contributed by atoms with Gasteiger partial charge in [-0.1, -0.05) is 0 Å². The first kappa shape index (κ1) is 11.1. The molecule has 1 heterocycles. The van der Waals surface area contributed by atoms with Crippen LogP contribution in [0.3, 0.4) is 0 Å². The number of benzene rings is 1. The van der Waals surface area contributed by atoms with Crippen molar-refractivity contribution in [2.45, 2.75) is 0 Å². The quantitative estimate of drug-likeness (QED) is 0.604. The van der Waals surface area contributed by atoms with E-state index in [1.165, 1.54) is 26.4 Å². The van der Waals surface area contributed by atoms with Crippen LogP contribution >= 0.6 is 0 Å². The normalized spacial score (nSPS) is 10.5. The molecule has 1 aromatic heterocycles. The Morgan fingerprint density at radius 2 is 1.71 bits per heavy atom. The van der Waals surface area contributed by atoms with Gasteiger partial charge in [0.15, 0.2) is 11.3 Å². The highest BCUT2D eigenvalue weighted by Crippen LogP contribution is 2.49. The Hall–Kier alpha value is -2.37. The zero-order valence-electron chi connectivity index (χ0n) is 9.18. The van der Waals surface area contributed by atoms with E-state index in [1.54, 1.807) is 0 Å². The molecule has 17 heavy (non-hydrogen) atoms. The molecule has 6 heteroatoms. The molecule has 0 saturated heterocycles. The van der Waals surface area contributed by atoms with E-state index in [9.17, 15) is 15.0 Å². The minimum absolute atomic E-state index is 0.0219. The van der Waals surface area contributed by atoms with Gasteiger partial charge in [0.25, 0.3) is 0 Å². The molecule has 0 spiro atoms. The van der Waals surface area contributed by atoms with Crippen molar-refractivity contribution >= 4 is 11.0 Å². The second-order valence-electron chi connectivity index (χ2n) is 3.26. The number of aromatic hydroxyl groups is 2. The monoisotopic (exact) mass is 238 g/mol. The topological polar surface area (TPSA) is 89.1 Å². The number of hydrogen-bond acceptors (Lipinski definition) is 6. The van der Waals surface area contributed by atoms with E-state index in [4.69, 9.17) is 13.9 Å². The molecule has 90 valence electrons. The maximum Gasteiger partial charge on any atom is 0.336 e. The largest absolute Gasteiger partial charge is 0.502 e. The fraction of sp³-hybridized carbons (Fsp3) is 0.182. The van der Waals surface area contributed by atoms with Gasteiger partial charge in [0.05, 0.1) is 19.6 Å². The zero-order valence-corrected chi connectivity index (χ0v) is 9.18. The average Bonchev–Trinajstić information content (AvgIpc) is 2.33. The lowest BCUT2D eigenvalue weighted by Crippen LogP contribution is -1.98. The lowest BCUT2D eigenvalue weighted by Gasteiger charge is -2.12. The first-order valence-electron chi connectivity index (χ1n) is 4.70. The van der Waals surface area contributed by atoms with Crippen LogP contribution in [0.5, 0.6) is 23.0 Å². The number of hydrogen-bond donors (Lipinski definition) is 2. The Bertz CT molecular complexity index is 628. The van der Waals surface area contributed by atoms with Gasteiger partial charge in [-0.25, -0.2) is 4.79 Å². The molecular weight excluding hydrogens is 228 g/mol. The predicted octanol–water partition coefficient (Wildman–Crippen LogP) is 1.22. The van der Waals surface area contributed by atoms with Crippen molar-refractivity contribution in [3.63, 3.8) is 0 Å². The number of rotatable bonds is 2. The van der Waals surface area contributed by atoms with Crippen molar-refractivity contribution in [3.8, 4) is 23.0 Å². The second kappa shape index (κ2) is 3.89. The van der Waals surface area contributed by atoms with Gasteiger partial charge in [0, 0.05) is 6.07 Å². The van der Waals surface area contributed by atoms with E-state index in [1.807, 2.05) is 0 Å². The summed E-state index contributed by atoms with van der Waals surface area (Å²) in [6, 6.07) is 2.60. The lowest BCUT2D eigenvalue weighted by atomic mass is 10.1. The van der Waals surface area contributed by atoms with Crippen LogP contribution in [-0.4, -0.2) is 24.4 Å². The number of fused-ring (bicyclic) bond motifs is 1. The molecule has 0 fully saturated rings. The van der Waals surface area contributed by atoms with Gasteiger partial charge in [-0.3, -0.25) is 0 Å². The van der Waals surface area contributed by atoms with Gasteiger partial charge in [0.1, 0.15) is 0 Å². The van der Waals surface area contributed by atoms with E-state index in [0.717, 1.165) is 0 Å². The SMILES string of the molecule is COc1c(O)c(O)c2oc(=O)ccc2c1OC. The summed E-state index contributed by atoms with van der Waals surface area (Å²) < 4.78 is 14.8. The van der Waals surface area contributed by atoms with Gasteiger partial charge in [0.2, 0.25) is 17.2 Å². The molecule has 1 aromatic carbocycles. The van der Waals surface area contributed by atoms with Crippen molar-refractivity contribution in [3.05, 3.63) is 22.6 Å². The Balaban J connectivity index is 3.00. The summed E-state index contributed by atoms with van der Waals surface area (Å²) in [7, 11) is 2.70. The molecular formula is C11H10O6. The molecule has 0 aliphatic rings. The highest BCUT2D eigenvalue weighted by Gasteiger charge is 2.22. The van der Waals surface area contributed by atoms with Crippen molar-refractivity contribution in [1.82, 2.24) is 0 Å². The van der Waals surface area contributed by atoms with Crippen LogP contribution in [0, 0.1) is 0 Å². The molecule has 0 amide bonds. The summed E-state index contributed by atoms with van der Waals surface area (Å²) in [6.07, 6.45) is 0. The van der Waals surface area contributed by atoms with Crippen LogP contribution < -0.4 is 15.1 Å². The smallest absolute Gasteiger partial charge is 0.336 e. The molecule has 2 rings (SSSR count). The molecule has 0 radical (unpaired) electrons. The van der Waals surface area contributed by atoms with Gasteiger partial charge in [-0.15, -0.1) is 0 Å². The van der Waals surface area contributed by atoms with Crippen LogP contribution in [0.15, 0.2) is 21.3 Å². The first-order chi connectivity index (χ1) is 8.10. The Morgan fingerprint density at radius 3 is 2.29 bits per heavy atom. The van der Waals surface area contributed by atoms with Crippen molar-refractivity contribution in [2.24, 2.45) is 0 Å². The minimum Gasteiger partial charge on any atom is -0.502 e. The summed E-state index contributed by atoms with van der Waals surface area (Å²) in [5.41, 5.74) is -0.785. The molecule has 6 nitrogen and oxygen atoms in total. The lowest BCUT2D eigenvalue weighted by molar-refractivity contribution is 0.322.